The van der Waals surface area contributed by atoms with Crippen LogP contribution in [0.3, 0.4) is 0 Å². The summed E-state index contributed by atoms with van der Waals surface area (Å²) in [5.41, 5.74) is 5.43. The Hall–Kier alpha value is -3.62. The van der Waals surface area contributed by atoms with E-state index >= 15 is 0 Å². The van der Waals surface area contributed by atoms with Crippen LogP contribution in [0, 0.1) is 6.92 Å². The summed E-state index contributed by atoms with van der Waals surface area (Å²) in [6.45, 7) is 1.73. The molecule has 2 aromatic heterocycles. The number of carbonyl (C=O) groups excluding carboxylic acids is 2. The van der Waals surface area contributed by atoms with Crippen molar-refractivity contribution in [1.82, 2.24) is 25.6 Å². The maximum atomic E-state index is 12.4. The molecule has 0 aliphatic heterocycles. The highest BCUT2D eigenvalue weighted by atomic mass is 16.5. The number of amides is 2. The Morgan fingerprint density at radius 2 is 1.92 bits per heavy atom. The van der Waals surface area contributed by atoms with Crippen LogP contribution in [-0.4, -0.2) is 26.5 Å². The third-order valence-corrected chi connectivity index (χ3v) is 3.52. The number of hydrogen-bond acceptors (Lipinski definition) is 6. The third-order valence-electron chi connectivity index (χ3n) is 3.52. The molecule has 0 radical (unpaired) electrons. The summed E-state index contributed by atoms with van der Waals surface area (Å²) < 4.78 is 12.1. The number of aryl methyl sites for hydroxylation is 2. The van der Waals surface area contributed by atoms with Gasteiger partial charge in [-0.1, -0.05) is 17.3 Å². The van der Waals surface area contributed by atoms with Crippen molar-refractivity contribution < 1.29 is 18.8 Å². The average Bonchev–Trinajstić information content (AvgIpc) is 3.26. The van der Waals surface area contributed by atoms with Crippen molar-refractivity contribution in [2.45, 2.75) is 13.5 Å². The van der Waals surface area contributed by atoms with Crippen molar-refractivity contribution in [2.24, 2.45) is 7.05 Å². The summed E-state index contributed by atoms with van der Waals surface area (Å²) in [5.74, 6) is 0.201. The Balaban J connectivity index is 1.63. The predicted octanol–water partition coefficient (Wildman–Crippen LogP) is 1.37. The van der Waals surface area contributed by atoms with Gasteiger partial charge in [0.2, 0.25) is 11.7 Å². The molecule has 0 aliphatic carbocycles. The molecule has 9 heteroatoms. The summed E-state index contributed by atoms with van der Waals surface area (Å²) in [5, 5.41) is 3.73. The van der Waals surface area contributed by atoms with E-state index in [1.54, 1.807) is 61.1 Å². The molecule has 0 aliphatic rings. The molecule has 26 heavy (non-hydrogen) atoms. The van der Waals surface area contributed by atoms with E-state index in [1.807, 2.05) is 0 Å². The van der Waals surface area contributed by atoms with E-state index in [9.17, 15) is 9.59 Å². The van der Waals surface area contributed by atoms with E-state index in [0.717, 1.165) is 0 Å². The second kappa shape index (κ2) is 7.51. The molecule has 3 rings (SSSR count). The predicted molar refractivity (Wildman–Crippen MR) is 90.2 cm³/mol. The minimum atomic E-state index is -0.507. The molecule has 0 saturated heterocycles. The Labute approximate surface area is 148 Å². The SMILES string of the molecule is Cc1nc(COc2ccccc2C(=O)NNC(=O)c2cccn2C)no1. The first-order chi connectivity index (χ1) is 12.5. The molecular weight excluding hydrogens is 338 g/mol. The lowest BCUT2D eigenvalue weighted by molar-refractivity contribution is 0.0839. The van der Waals surface area contributed by atoms with Crippen molar-refractivity contribution >= 4 is 11.8 Å². The number of nitrogens with one attached hydrogen (secondary N) is 2. The number of benzene rings is 1. The minimum Gasteiger partial charge on any atom is -0.485 e. The molecule has 0 unspecified atom stereocenters. The van der Waals surface area contributed by atoms with Crippen LogP contribution < -0.4 is 15.6 Å². The Morgan fingerprint density at radius 1 is 1.15 bits per heavy atom. The molecule has 0 atom stereocenters. The highest BCUT2D eigenvalue weighted by Gasteiger charge is 2.15. The first-order valence-corrected chi connectivity index (χ1v) is 7.77. The van der Waals surface area contributed by atoms with Gasteiger partial charge in [0.15, 0.2) is 6.61 Å². The maximum absolute atomic E-state index is 12.4. The molecule has 0 bridgehead atoms. The number of nitrogens with zero attached hydrogens (tertiary/aromatic N) is 3. The van der Waals surface area contributed by atoms with Gasteiger partial charge in [-0.25, -0.2) is 0 Å². The van der Waals surface area contributed by atoms with Gasteiger partial charge >= 0.3 is 0 Å². The molecule has 2 heterocycles. The highest BCUT2D eigenvalue weighted by Crippen LogP contribution is 2.18. The Bertz CT molecular complexity index is 931. The van der Waals surface area contributed by atoms with Gasteiger partial charge in [0.05, 0.1) is 5.56 Å². The van der Waals surface area contributed by atoms with E-state index in [1.165, 1.54) is 0 Å². The van der Waals surface area contributed by atoms with Crippen molar-refractivity contribution in [1.29, 1.82) is 0 Å². The molecular formula is C17H17N5O4. The van der Waals surface area contributed by atoms with Crippen LogP contribution in [0.15, 0.2) is 47.1 Å². The molecule has 2 amide bonds. The summed E-state index contributed by atoms with van der Waals surface area (Å²) in [7, 11) is 1.74. The molecule has 0 saturated carbocycles. The van der Waals surface area contributed by atoms with Gasteiger partial charge in [0, 0.05) is 20.2 Å². The van der Waals surface area contributed by atoms with Crippen LogP contribution in [0.25, 0.3) is 0 Å². The van der Waals surface area contributed by atoms with Crippen LogP contribution in [0.1, 0.15) is 32.6 Å². The third kappa shape index (κ3) is 3.89. The second-order valence-electron chi connectivity index (χ2n) is 5.43. The Morgan fingerprint density at radius 3 is 2.62 bits per heavy atom. The van der Waals surface area contributed by atoms with Crippen LogP contribution in [0.2, 0.25) is 0 Å². The number of para-hydroxylation sites is 1. The zero-order chi connectivity index (χ0) is 18.5. The smallest absolute Gasteiger partial charge is 0.286 e. The van der Waals surface area contributed by atoms with Crippen molar-refractivity contribution in [3.8, 4) is 5.75 Å². The standard InChI is InChI=1S/C17H17N5O4/c1-11-18-15(21-26-11)10-25-14-8-4-3-6-12(14)16(23)19-20-17(24)13-7-5-9-22(13)2/h3-9H,10H2,1-2H3,(H,19,23)(H,20,24). The van der Waals surface area contributed by atoms with Gasteiger partial charge in [-0.05, 0) is 24.3 Å². The lowest BCUT2D eigenvalue weighted by Crippen LogP contribution is -2.42. The lowest BCUT2D eigenvalue weighted by atomic mass is 10.2. The first kappa shape index (κ1) is 17.2. The zero-order valence-corrected chi connectivity index (χ0v) is 14.2. The monoisotopic (exact) mass is 355 g/mol. The van der Waals surface area contributed by atoms with Gasteiger partial charge in [-0.3, -0.25) is 20.4 Å². The van der Waals surface area contributed by atoms with Crippen LogP contribution in [0.4, 0.5) is 0 Å². The number of carbonyl (C=O) groups is 2. The van der Waals surface area contributed by atoms with Gasteiger partial charge in [0.1, 0.15) is 11.4 Å². The average molecular weight is 355 g/mol. The number of hydrazine groups is 1. The van der Waals surface area contributed by atoms with Crippen LogP contribution >= 0.6 is 0 Å². The quantitative estimate of drug-likeness (QED) is 0.669. The van der Waals surface area contributed by atoms with Gasteiger partial charge in [-0.15, -0.1) is 0 Å². The maximum Gasteiger partial charge on any atom is 0.286 e. The molecule has 0 spiro atoms. The number of hydrogen-bond donors (Lipinski definition) is 2. The van der Waals surface area contributed by atoms with Crippen molar-refractivity contribution in [3.63, 3.8) is 0 Å². The van der Waals surface area contributed by atoms with Crippen LogP contribution in [-0.2, 0) is 13.7 Å². The van der Waals surface area contributed by atoms with Gasteiger partial charge in [-0.2, -0.15) is 4.98 Å². The number of aromatic nitrogens is 3. The van der Waals surface area contributed by atoms with Gasteiger partial charge in [0.25, 0.3) is 11.8 Å². The minimum absolute atomic E-state index is 0.0529. The van der Waals surface area contributed by atoms with Gasteiger partial charge < -0.3 is 13.8 Å². The molecule has 134 valence electrons. The van der Waals surface area contributed by atoms with E-state index in [2.05, 4.69) is 21.0 Å². The molecule has 1 aromatic carbocycles. The summed E-state index contributed by atoms with van der Waals surface area (Å²) in [6.07, 6.45) is 1.74. The summed E-state index contributed by atoms with van der Waals surface area (Å²) >= 11 is 0. The first-order valence-electron chi connectivity index (χ1n) is 7.77. The zero-order valence-electron chi connectivity index (χ0n) is 14.2. The molecule has 9 nitrogen and oxygen atoms in total. The lowest BCUT2D eigenvalue weighted by Gasteiger charge is -2.11. The van der Waals surface area contributed by atoms with E-state index in [4.69, 9.17) is 9.26 Å². The topological polar surface area (TPSA) is 111 Å². The van der Waals surface area contributed by atoms with E-state index in [0.29, 0.717) is 23.2 Å². The highest BCUT2D eigenvalue weighted by molar-refractivity contribution is 6.00. The Kier molecular flexibility index (Phi) is 4.97. The van der Waals surface area contributed by atoms with Crippen molar-refractivity contribution in [3.05, 3.63) is 65.6 Å². The normalized spacial score (nSPS) is 10.4. The van der Waals surface area contributed by atoms with Crippen molar-refractivity contribution in [2.75, 3.05) is 0 Å². The number of ether oxygens (including phenoxy) is 1. The van der Waals surface area contributed by atoms with E-state index < -0.39 is 11.8 Å². The second-order valence-corrected chi connectivity index (χ2v) is 5.43. The fourth-order valence-corrected chi connectivity index (χ4v) is 2.26. The largest absolute Gasteiger partial charge is 0.485 e. The van der Waals surface area contributed by atoms with Crippen LogP contribution in [0.5, 0.6) is 5.75 Å². The molecule has 3 aromatic rings. The van der Waals surface area contributed by atoms with E-state index in [-0.39, 0.29) is 12.2 Å². The fraction of sp³-hybridized carbons (Fsp3) is 0.176. The fourth-order valence-electron chi connectivity index (χ4n) is 2.26. The number of rotatable bonds is 5. The molecule has 0 fully saturated rings. The summed E-state index contributed by atoms with van der Waals surface area (Å²) in [4.78, 5) is 28.5. The molecule has 2 N–H and O–H groups in total. The summed E-state index contributed by atoms with van der Waals surface area (Å²) in [6, 6.07) is 10.0.